The molecule has 0 aliphatic heterocycles. The van der Waals surface area contributed by atoms with Crippen LogP contribution >= 0.6 is 11.6 Å². The van der Waals surface area contributed by atoms with Gasteiger partial charge in [0.1, 0.15) is 5.75 Å². The van der Waals surface area contributed by atoms with Gasteiger partial charge < -0.3 is 9.30 Å². The van der Waals surface area contributed by atoms with Crippen molar-refractivity contribution in [1.29, 1.82) is 0 Å². The van der Waals surface area contributed by atoms with Crippen LogP contribution in [0.3, 0.4) is 0 Å². The molecule has 0 spiro atoms. The average Bonchev–Trinajstić information content (AvgIpc) is 2.93. The maximum absolute atomic E-state index is 11.0. The average molecular weight is 384 g/mol. The van der Waals surface area contributed by atoms with E-state index in [2.05, 4.69) is 4.99 Å². The van der Waals surface area contributed by atoms with Crippen LogP contribution in [0, 0.1) is 24.0 Å². The fraction of sp³-hybridized carbons (Fsp3) is 0.150. The number of nitro groups is 1. The minimum absolute atomic E-state index is 0.0584. The molecule has 1 aromatic heterocycles. The number of nitrogens with zero attached hydrogens (tertiary/aromatic N) is 3. The maximum atomic E-state index is 11.0. The summed E-state index contributed by atoms with van der Waals surface area (Å²) in [4.78, 5) is 15.1. The van der Waals surface area contributed by atoms with Gasteiger partial charge in [0.05, 0.1) is 28.4 Å². The molecule has 0 aliphatic carbocycles. The van der Waals surface area contributed by atoms with Crippen LogP contribution in [-0.2, 0) is 0 Å². The largest absolute Gasteiger partial charge is 0.495 e. The van der Waals surface area contributed by atoms with Gasteiger partial charge in [0.25, 0.3) is 5.69 Å². The second-order valence-corrected chi connectivity index (χ2v) is 6.42. The molecular formula is C20H18ClN3O3. The molecule has 0 N–H and O–H groups in total. The van der Waals surface area contributed by atoms with Crippen LogP contribution in [0.5, 0.6) is 5.75 Å². The number of hydrogen-bond acceptors (Lipinski definition) is 4. The maximum Gasteiger partial charge on any atom is 0.271 e. The highest BCUT2D eigenvalue weighted by atomic mass is 35.5. The van der Waals surface area contributed by atoms with Crippen molar-refractivity contribution in [2.24, 2.45) is 4.99 Å². The van der Waals surface area contributed by atoms with E-state index in [9.17, 15) is 10.1 Å². The predicted molar refractivity (Wildman–Crippen MR) is 107 cm³/mol. The van der Waals surface area contributed by atoms with Gasteiger partial charge in [-0.15, -0.1) is 0 Å². The lowest BCUT2D eigenvalue weighted by molar-refractivity contribution is -0.384. The van der Waals surface area contributed by atoms with E-state index in [0.29, 0.717) is 16.5 Å². The van der Waals surface area contributed by atoms with Crippen LogP contribution in [0.4, 0.5) is 11.4 Å². The second kappa shape index (κ2) is 7.63. The Labute approximate surface area is 161 Å². The first kappa shape index (κ1) is 18.7. The number of aromatic nitrogens is 1. The second-order valence-electron chi connectivity index (χ2n) is 6.02. The molecule has 0 fully saturated rings. The Morgan fingerprint density at radius 2 is 1.96 bits per heavy atom. The highest BCUT2D eigenvalue weighted by Crippen LogP contribution is 2.29. The van der Waals surface area contributed by atoms with Crippen molar-refractivity contribution in [2.75, 3.05) is 7.11 Å². The molecule has 2 aromatic carbocycles. The quantitative estimate of drug-likeness (QED) is 0.336. The Morgan fingerprint density at radius 3 is 2.63 bits per heavy atom. The van der Waals surface area contributed by atoms with E-state index in [1.807, 2.05) is 36.6 Å². The summed E-state index contributed by atoms with van der Waals surface area (Å²) in [5, 5.41) is 11.5. The van der Waals surface area contributed by atoms with Crippen molar-refractivity contribution in [1.82, 2.24) is 4.57 Å². The van der Waals surface area contributed by atoms with Crippen LogP contribution < -0.4 is 4.74 Å². The SMILES string of the molecule is COc1ccc(N=Cc2cc(C)n(-c3cccc([N+](=O)[O-])c3)c2C)cc1Cl. The van der Waals surface area contributed by atoms with Gasteiger partial charge in [-0.2, -0.15) is 0 Å². The zero-order valence-electron chi connectivity index (χ0n) is 15.1. The Morgan fingerprint density at radius 1 is 1.19 bits per heavy atom. The zero-order valence-corrected chi connectivity index (χ0v) is 15.9. The highest BCUT2D eigenvalue weighted by Gasteiger charge is 2.12. The third-order valence-electron chi connectivity index (χ3n) is 4.26. The van der Waals surface area contributed by atoms with Gasteiger partial charge in [-0.3, -0.25) is 15.1 Å². The molecule has 7 heteroatoms. The van der Waals surface area contributed by atoms with Gasteiger partial charge >= 0.3 is 0 Å². The summed E-state index contributed by atoms with van der Waals surface area (Å²) in [6, 6.07) is 13.9. The number of nitro benzene ring substituents is 1. The van der Waals surface area contributed by atoms with E-state index in [1.54, 1.807) is 37.6 Å². The number of non-ortho nitro benzene ring substituents is 1. The molecule has 27 heavy (non-hydrogen) atoms. The van der Waals surface area contributed by atoms with E-state index < -0.39 is 4.92 Å². The van der Waals surface area contributed by atoms with Crippen molar-refractivity contribution < 1.29 is 9.66 Å². The van der Waals surface area contributed by atoms with Gasteiger partial charge in [-0.05, 0) is 44.2 Å². The molecule has 138 valence electrons. The van der Waals surface area contributed by atoms with Crippen molar-refractivity contribution in [3.8, 4) is 11.4 Å². The van der Waals surface area contributed by atoms with Crippen molar-refractivity contribution in [3.63, 3.8) is 0 Å². The standard InChI is InChI=1S/C20H18ClN3O3/c1-13-9-15(12-22-16-7-8-20(27-3)19(21)10-16)14(2)23(13)17-5-4-6-18(11-17)24(25)26/h4-12H,1-3H3. The Hall–Kier alpha value is -3.12. The molecule has 0 bridgehead atoms. The molecule has 3 rings (SSSR count). The van der Waals surface area contributed by atoms with E-state index in [4.69, 9.17) is 16.3 Å². The number of halogens is 1. The highest BCUT2D eigenvalue weighted by molar-refractivity contribution is 6.32. The number of ether oxygens (including phenoxy) is 1. The first-order chi connectivity index (χ1) is 12.9. The molecule has 1 heterocycles. The molecule has 0 radical (unpaired) electrons. The first-order valence-corrected chi connectivity index (χ1v) is 8.60. The topological polar surface area (TPSA) is 69.7 Å². The minimum Gasteiger partial charge on any atom is -0.495 e. The van der Waals surface area contributed by atoms with Crippen molar-refractivity contribution >= 4 is 29.2 Å². The van der Waals surface area contributed by atoms with E-state index in [1.165, 1.54) is 6.07 Å². The molecular weight excluding hydrogens is 366 g/mol. The van der Waals surface area contributed by atoms with E-state index in [0.717, 1.165) is 22.6 Å². The van der Waals surface area contributed by atoms with Crippen LogP contribution in [0.2, 0.25) is 5.02 Å². The molecule has 0 unspecified atom stereocenters. The van der Waals surface area contributed by atoms with Crippen LogP contribution in [-0.4, -0.2) is 22.8 Å². The van der Waals surface area contributed by atoms with Crippen LogP contribution in [0.25, 0.3) is 5.69 Å². The lowest BCUT2D eigenvalue weighted by Gasteiger charge is -2.09. The zero-order chi connectivity index (χ0) is 19.6. The number of aryl methyl sites for hydroxylation is 1. The smallest absolute Gasteiger partial charge is 0.271 e. The first-order valence-electron chi connectivity index (χ1n) is 8.22. The third-order valence-corrected chi connectivity index (χ3v) is 4.55. The Bertz CT molecular complexity index is 1040. The van der Waals surface area contributed by atoms with Crippen molar-refractivity contribution in [3.05, 3.63) is 80.6 Å². The van der Waals surface area contributed by atoms with Gasteiger partial charge in [0.2, 0.25) is 0 Å². The van der Waals surface area contributed by atoms with E-state index in [-0.39, 0.29) is 5.69 Å². The Balaban J connectivity index is 1.95. The third kappa shape index (κ3) is 3.85. The molecule has 6 nitrogen and oxygen atoms in total. The van der Waals surface area contributed by atoms with Gasteiger partial charge in [0.15, 0.2) is 0 Å². The minimum atomic E-state index is -0.395. The van der Waals surface area contributed by atoms with Gasteiger partial charge in [-0.25, -0.2) is 0 Å². The van der Waals surface area contributed by atoms with Crippen LogP contribution in [0.1, 0.15) is 17.0 Å². The molecule has 0 aliphatic rings. The lowest BCUT2D eigenvalue weighted by atomic mass is 10.2. The molecule has 0 saturated heterocycles. The number of rotatable bonds is 5. The molecule has 0 amide bonds. The summed E-state index contributed by atoms with van der Waals surface area (Å²) in [6.07, 6.45) is 1.76. The molecule has 0 saturated carbocycles. The fourth-order valence-corrected chi connectivity index (χ4v) is 3.19. The van der Waals surface area contributed by atoms with Gasteiger partial charge in [-0.1, -0.05) is 17.7 Å². The number of methoxy groups -OCH3 is 1. The lowest BCUT2D eigenvalue weighted by Crippen LogP contribution is -2.00. The van der Waals surface area contributed by atoms with Crippen molar-refractivity contribution in [2.45, 2.75) is 13.8 Å². The van der Waals surface area contributed by atoms with Gasteiger partial charge in [0, 0.05) is 35.3 Å². The normalized spacial score (nSPS) is 11.1. The summed E-state index contributed by atoms with van der Waals surface area (Å²) in [5.41, 5.74) is 4.33. The number of aliphatic imine (C=N–C) groups is 1. The van der Waals surface area contributed by atoms with Crippen LogP contribution in [0.15, 0.2) is 53.5 Å². The van der Waals surface area contributed by atoms with E-state index >= 15 is 0 Å². The summed E-state index contributed by atoms with van der Waals surface area (Å²) >= 11 is 6.13. The summed E-state index contributed by atoms with van der Waals surface area (Å²) in [7, 11) is 1.56. The molecule has 0 atom stereocenters. The summed E-state index contributed by atoms with van der Waals surface area (Å²) in [6.45, 7) is 3.90. The summed E-state index contributed by atoms with van der Waals surface area (Å²) < 4.78 is 7.11. The number of hydrogen-bond donors (Lipinski definition) is 0. The summed E-state index contributed by atoms with van der Waals surface area (Å²) in [5.74, 6) is 0.597. The number of benzene rings is 2. The monoisotopic (exact) mass is 383 g/mol. The Kier molecular flexibility index (Phi) is 5.28. The fourth-order valence-electron chi connectivity index (χ4n) is 2.94. The molecule has 3 aromatic rings. The predicted octanol–water partition coefficient (Wildman–Crippen LogP) is 5.41.